The predicted octanol–water partition coefficient (Wildman–Crippen LogP) is 3.02. The summed E-state index contributed by atoms with van der Waals surface area (Å²) < 4.78 is 5.80. The van der Waals surface area contributed by atoms with Gasteiger partial charge >= 0.3 is 0 Å². The summed E-state index contributed by atoms with van der Waals surface area (Å²) in [6.45, 7) is 2.76. The highest BCUT2D eigenvalue weighted by molar-refractivity contribution is 6.05. The molecule has 0 aromatic heterocycles. The fourth-order valence-corrected chi connectivity index (χ4v) is 2.76. The standard InChI is InChI=1S/C21H22N2O3/c1-2-14-22-21(25)19-15-23(17-10-6-7-11-18(17)26-19)20(24)13-12-16-8-4-3-5-9-16/h3-13,19H,2,14-15H2,1H3,(H,22,25)/b13-12+/t19-/m0/s1. The molecule has 0 bridgehead atoms. The number of benzene rings is 2. The summed E-state index contributed by atoms with van der Waals surface area (Å²) in [6.07, 6.45) is 3.42. The molecule has 0 radical (unpaired) electrons. The van der Waals surface area contributed by atoms with Crippen LogP contribution in [0.2, 0.25) is 0 Å². The second-order valence-corrected chi connectivity index (χ2v) is 6.06. The zero-order valence-electron chi connectivity index (χ0n) is 14.7. The van der Waals surface area contributed by atoms with E-state index in [-0.39, 0.29) is 18.4 Å². The molecule has 0 saturated carbocycles. The topological polar surface area (TPSA) is 58.6 Å². The SMILES string of the molecule is CCCNC(=O)[C@@H]1CN(C(=O)/C=C/c2ccccc2)c2ccccc2O1. The molecule has 0 fully saturated rings. The van der Waals surface area contributed by atoms with E-state index in [1.807, 2.05) is 55.5 Å². The molecule has 0 saturated heterocycles. The number of amides is 2. The summed E-state index contributed by atoms with van der Waals surface area (Å²) in [5, 5.41) is 2.83. The third-order valence-corrected chi connectivity index (χ3v) is 4.10. The number of nitrogens with zero attached hydrogens (tertiary/aromatic N) is 1. The number of fused-ring (bicyclic) bond motifs is 1. The van der Waals surface area contributed by atoms with Crippen LogP contribution in [-0.2, 0) is 9.59 Å². The van der Waals surface area contributed by atoms with Crippen molar-refractivity contribution in [3.05, 3.63) is 66.2 Å². The maximum atomic E-state index is 12.8. The molecule has 5 heteroatoms. The number of nitrogens with one attached hydrogen (secondary N) is 1. The largest absolute Gasteiger partial charge is 0.477 e. The average molecular weight is 350 g/mol. The molecule has 5 nitrogen and oxygen atoms in total. The third-order valence-electron chi connectivity index (χ3n) is 4.10. The predicted molar refractivity (Wildman–Crippen MR) is 102 cm³/mol. The zero-order valence-corrected chi connectivity index (χ0v) is 14.7. The van der Waals surface area contributed by atoms with Crippen LogP contribution in [0.4, 0.5) is 5.69 Å². The van der Waals surface area contributed by atoms with Crippen LogP contribution in [-0.4, -0.2) is 31.0 Å². The van der Waals surface area contributed by atoms with E-state index < -0.39 is 6.10 Å². The summed E-state index contributed by atoms with van der Waals surface area (Å²) in [6, 6.07) is 16.9. The molecule has 1 heterocycles. The molecule has 0 unspecified atom stereocenters. The monoisotopic (exact) mass is 350 g/mol. The Morgan fingerprint density at radius 2 is 1.88 bits per heavy atom. The van der Waals surface area contributed by atoms with Gasteiger partial charge in [-0.3, -0.25) is 9.59 Å². The van der Waals surface area contributed by atoms with Crippen LogP contribution in [0.5, 0.6) is 5.75 Å². The van der Waals surface area contributed by atoms with Gasteiger partial charge in [-0.15, -0.1) is 0 Å². The minimum Gasteiger partial charge on any atom is -0.477 e. The number of hydrogen-bond acceptors (Lipinski definition) is 3. The Kier molecular flexibility index (Phi) is 5.69. The summed E-state index contributed by atoms with van der Waals surface area (Å²) in [5.41, 5.74) is 1.62. The van der Waals surface area contributed by atoms with E-state index >= 15 is 0 Å². The second kappa shape index (κ2) is 8.34. The van der Waals surface area contributed by atoms with E-state index in [0.29, 0.717) is 18.0 Å². The zero-order chi connectivity index (χ0) is 18.4. The van der Waals surface area contributed by atoms with Crippen molar-refractivity contribution < 1.29 is 14.3 Å². The Hall–Kier alpha value is -3.08. The summed E-state index contributed by atoms with van der Waals surface area (Å²) in [4.78, 5) is 26.7. The van der Waals surface area contributed by atoms with Crippen LogP contribution in [0.3, 0.4) is 0 Å². The molecule has 0 spiro atoms. The number of anilines is 1. The van der Waals surface area contributed by atoms with Crippen molar-refractivity contribution in [2.45, 2.75) is 19.4 Å². The van der Waals surface area contributed by atoms with Gasteiger partial charge in [-0.2, -0.15) is 0 Å². The maximum Gasteiger partial charge on any atom is 0.262 e. The van der Waals surface area contributed by atoms with E-state index in [4.69, 9.17) is 4.74 Å². The lowest BCUT2D eigenvalue weighted by Gasteiger charge is -2.33. The Morgan fingerprint density at radius 3 is 2.65 bits per heavy atom. The molecule has 1 N–H and O–H groups in total. The fourth-order valence-electron chi connectivity index (χ4n) is 2.76. The third kappa shape index (κ3) is 4.11. The van der Waals surface area contributed by atoms with Crippen molar-refractivity contribution in [3.63, 3.8) is 0 Å². The summed E-state index contributed by atoms with van der Waals surface area (Å²) in [7, 11) is 0. The van der Waals surface area contributed by atoms with Crippen molar-refractivity contribution in [2.24, 2.45) is 0 Å². The first kappa shape index (κ1) is 17.7. The van der Waals surface area contributed by atoms with E-state index in [2.05, 4.69) is 5.32 Å². The number of para-hydroxylation sites is 2. The quantitative estimate of drug-likeness (QED) is 0.844. The molecule has 1 aliphatic rings. The molecule has 0 aliphatic carbocycles. The molecule has 134 valence electrons. The lowest BCUT2D eigenvalue weighted by atomic mass is 10.1. The molecular weight excluding hydrogens is 328 g/mol. The summed E-state index contributed by atoms with van der Waals surface area (Å²) >= 11 is 0. The number of ether oxygens (including phenoxy) is 1. The van der Waals surface area contributed by atoms with E-state index in [1.54, 1.807) is 17.0 Å². The van der Waals surface area contributed by atoms with Crippen LogP contribution in [0.25, 0.3) is 6.08 Å². The Balaban J connectivity index is 1.81. The van der Waals surface area contributed by atoms with Gasteiger partial charge in [0, 0.05) is 12.6 Å². The lowest BCUT2D eigenvalue weighted by molar-refractivity contribution is -0.128. The smallest absolute Gasteiger partial charge is 0.262 e. The number of hydrogen-bond donors (Lipinski definition) is 1. The Bertz CT molecular complexity index is 802. The second-order valence-electron chi connectivity index (χ2n) is 6.06. The normalized spacial score (nSPS) is 16.0. The first-order valence-electron chi connectivity index (χ1n) is 8.77. The van der Waals surface area contributed by atoms with Gasteiger partial charge < -0.3 is 15.0 Å². The van der Waals surface area contributed by atoms with Crippen LogP contribution < -0.4 is 15.0 Å². The first-order valence-corrected chi connectivity index (χ1v) is 8.77. The van der Waals surface area contributed by atoms with Crippen molar-refractivity contribution in [1.29, 1.82) is 0 Å². The van der Waals surface area contributed by atoms with Gasteiger partial charge in [0.15, 0.2) is 6.10 Å². The van der Waals surface area contributed by atoms with Crippen molar-refractivity contribution >= 4 is 23.6 Å². The van der Waals surface area contributed by atoms with Gasteiger partial charge in [0.2, 0.25) is 0 Å². The molecule has 2 aromatic carbocycles. The number of carbonyl (C=O) groups excluding carboxylic acids is 2. The minimum atomic E-state index is -0.717. The van der Waals surface area contributed by atoms with Gasteiger partial charge in [-0.05, 0) is 30.2 Å². The van der Waals surface area contributed by atoms with Crippen molar-refractivity contribution in [3.8, 4) is 5.75 Å². The highest BCUT2D eigenvalue weighted by Crippen LogP contribution is 2.33. The number of rotatable bonds is 5. The van der Waals surface area contributed by atoms with Gasteiger partial charge in [0.1, 0.15) is 5.75 Å². The molecule has 3 rings (SSSR count). The maximum absolute atomic E-state index is 12.8. The fraction of sp³-hybridized carbons (Fsp3) is 0.238. The van der Waals surface area contributed by atoms with E-state index in [0.717, 1.165) is 12.0 Å². The molecule has 1 atom stereocenters. The molecule has 2 aromatic rings. The molecule has 1 aliphatic heterocycles. The van der Waals surface area contributed by atoms with Crippen molar-refractivity contribution in [1.82, 2.24) is 5.32 Å². The number of carbonyl (C=O) groups is 2. The highest BCUT2D eigenvalue weighted by atomic mass is 16.5. The van der Waals surface area contributed by atoms with Crippen LogP contribution in [0.15, 0.2) is 60.7 Å². The van der Waals surface area contributed by atoms with Crippen molar-refractivity contribution in [2.75, 3.05) is 18.0 Å². The summed E-state index contributed by atoms with van der Waals surface area (Å²) in [5.74, 6) is 0.154. The molecule has 2 amide bonds. The van der Waals surface area contributed by atoms with Crippen LogP contribution in [0.1, 0.15) is 18.9 Å². The van der Waals surface area contributed by atoms with E-state index in [1.165, 1.54) is 6.08 Å². The Labute approximate surface area is 153 Å². The molecule has 26 heavy (non-hydrogen) atoms. The minimum absolute atomic E-state index is 0.183. The van der Waals surface area contributed by atoms with E-state index in [9.17, 15) is 9.59 Å². The van der Waals surface area contributed by atoms with Gasteiger partial charge in [-0.25, -0.2) is 0 Å². The van der Waals surface area contributed by atoms with Gasteiger partial charge in [-0.1, -0.05) is 49.4 Å². The van der Waals surface area contributed by atoms with Crippen LogP contribution >= 0.6 is 0 Å². The van der Waals surface area contributed by atoms with Gasteiger partial charge in [0.25, 0.3) is 11.8 Å². The lowest BCUT2D eigenvalue weighted by Crippen LogP contribution is -2.50. The average Bonchev–Trinajstić information content (AvgIpc) is 2.70. The van der Waals surface area contributed by atoms with Crippen LogP contribution in [0, 0.1) is 0 Å². The van der Waals surface area contributed by atoms with Gasteiger partial charge in [0.05, 0.1) is 12.2 Å². The Morgan fingerprint density at radius 1 is 1.15 bits per heavy atom. The highest BCUT2D eigenvalue weighted by Gasteiger charge is 2.32. The molecular formula is C21H22N2O3. The first-order chi connectivity index (χ1) is 12.7.